The third-order valence-corrected chi connectivity index (χ3v) is 6.57. The number of aryl methyl sites for hydroxylation is 1. The summed E-state index contributed by atoms with van der Waals surface area (Å²) in [6.45, 7) is 2.57. The molecule has 8 heteroatoms. The third kappa shape index (κ3) is 7.55. The summed E-state index contributed by atoms with van der Waals surface area (Å²) in [4.78, 5) is 31.2. The van der Waals surface area contributed by atoms with Gasteiger partial charge in [-0.05, 0) is 48.1 Å². The van der Waals surface area contributed by atoms with Gasteiger partial charge < -0.3 is 15.1 Å². The highest BCUT2D eigenvalue weighted by atomic mass is 16.6. The Morgan fingerprint density at radius 1 is 1.05 bits per heavy atom. The van der Waals surface area contributed by atoms with Crippen molar-refractivity contribution in [1.29, 1.82) is 0 Å². The highest BCUT2D eigenvalue weighted by Crippen LogP contribution is 2.36. The molecule has 1 aromatic heterocycles. The highest BCUT2D eigenvalue weighted by Gasteiger charge is 2.39. The Bertz CT molecular complexity index is 1310. The predicted octanol–water partition coefficient (Wildman–Crippen LogP) is 4.95. The number of nitrogens with zero attached hydrogens (tertiary/aromatic N) is 2. The fourth-order valence-corrected chi connectivity index (χ4v) is 4.41. The predicted molar refractivity (Wildman–Crippen MR) is 151 cm³/mol. The van der Waals surface area contributed by atoms with Crippen molar-refractivity contribution in [2.45, 2.75) is 51.2 Å². The largest absolute Gasteiger partial charge is 0.412 e. The molecule has 1 aliphatic carbocycles. The van der Waals surface area contributed by atoms with E-state index >= 15 is 0 Å². The molecule has 1 unspecified atom stereocenters. The van der Waals surface area contributed by atoms with Crippen molar-refractivity contribution in [3.05, 3.63) is 108 Å². The number of carbonyl (C=O) groups is 2. The molecule has 1 saturated carbocycles. The average Bonchev–Trinajstić information content (AvgIpc) is 3.72. The minimum atomic E-state index is -0.720. The lowest BCUT2D eigenvalue weighted by Gasteiger charge is -2.27. The molecule has 2 amide bonds. The molecule has 1 heterocycles. The number of hydrogen-bond donors (Lipinski definition) is 3. The number of aromatic amines is 1. The van der Waals surface area contributed by atoms with E-state index in [0.717, 1.165) is 42.5 Å². The van der Waals surface area contributed by atoms with Gasteiger partial charge in [0.2, 0.25) is 12.3 Å². The maximum atomic E-state index is 13.2. The highest BCUT2D eigenvalue weighted by molar-refractivity contribution is 5.87. The minimum Gasteiger partial charge on any atom is -0.412 e. The summed E-state index contributed by atoms with van der Waals surface area (Å²) in [5.41, 5.74) is 4.73. The normalized spacial score (nSPS) is 13.0. The van der Waals surface area contributed by atoms with Crippen LogP contribution in [0.5, 0.6) is 5.75 Å². The fraction of sp³-hybridized carbons (Fsp3) is 0.258. The first-order valence-corrected chi connectivity index (χ1v) is 13.2. The van der Waals surface area contributed by atoms with Crippen LogP contribution < -0.4 is 16.1 Å². The van der Waals surface area contributed by atoms with Crippen LogP contribution in [0.25, 0.3) is 11.3 Å². The van der Waals surface area contributed by atoms with Crippen molar-refractivity contribution in [2.24, 2.45) is 5.90 Å². The standard InChI is InChI=1S/C22H22N4O2.C9H13NO/c27-15-26(18-11-12-18)21(22(28)23-13-16-7-3-1-4-8-16)19-14-24-25-20(19)17-9-5-2-6-10-17;1-2-3-8-4-6-9(11-10)7-5-8/h1-10,14-15,18,21H,11-13H2,(H,23,28)(H,24,25);4-7H,2-3,10H2,1H3. The third-order valence-electron chi connectivity index (χ3n) is 6.57. The summed E-state index contributed by atoms with van der Waals surface area (Å²) in [7, 11) is 0. The average molecular weight is 526 g/mol. The van der Waals surface area contributed by atoms with Crippen LogP contribution in [0.4, 0.5) is 0 Å². The molecule has 0 radical (unpaired) electrons. The quantitative estimate of drug-likeness (QED) is 0.189. The molecule has 3 aromatic carbocycles. The number of rotatable bonds is 11. The summed E-state index contributed by atoms with van der Waals surface area (Å²) >= 11 is 0. The molecule has 39 heavy (non-hydrogen) atoms. The molecule has 1 fully saturated rings. The first-order chi connectivity index (χ1) is 19.1. The Morgan fingerprint density at radius 2 is 1.72 bits per heavy atom. The van der Waals surface area contributed by atoms with E-state index in [1.54, 1.807) is 11.1 Å². The summed E-state index contributed by atoms with van der Waals surface area (Å²) in [6, 6.07) is 26.6. The lowest BCUT2D eigenvalue weighted by Crippen LogP contribution is -2.41. The number of nitrogens with two attached hydrogens (primary N) is 1. The molecular formula is C31H35N5O3. The molecule has 4 aromatic rings. The summed E-state index contributed by atoms with van der Waals surface area (Å²) < 4.78 is 0. The van der Waals surface area contributed by atoms with Gasteiger partial charge in [-0.2, -0.15) is 11.0 Å². The summed E-state index contributed by atoms with van der Waals surface area (Å²) in [6.07, 6.45) is 6.55. The van der Waals surface area contributed by atoms with Crippen molar-refractivity contribution in [2.75, 3.05) is 0 Å². The van der Waals surface area contributed by atoms with E-state index in [-0.39, 0.29) is 11.9 Å². The molecule has 1 aliphatic rings. The van der Waals surface area contributed by atoms with Gasteiger partial charge in [-0.15, -0.1) is 0 Å². The maximum absolute atomic E-state index is 13.2. The molecule has 202 valence electrons. The zero-order valence-corrected chi connectivity index (χ0v) is 22.1. The summed E-state index contributed by atoms with van der Waals surface area (Å²) in [5, 5.41) is 10.1. The van der Waals surface area contributed by atoms with E-state index in [9.17, 15) is 9.59 Å². The van der Waals surface area contributed by atoms with Crippen molar-refractivity contribution in [3.8, 4) is 17.0 Å². The molecule has 5 rings (SSSR count). The SMILES string of the molecule is CCCc1ccc(ON)cc1.O=CN(C1CC1)C(C(=O)NCc1ccccc1)c1cn[nH]c1-c1ccccc1. The Hall–Kier alpha value is -4.43. The fourth-order valence-electron chi connectivity index (χ4n) is 4.41. The lowest BCUT2D eigenvalue weighted by molar-refractivity contribution is -0.133. The van der Waals surface area contributed by atoms with E-state index < -0.39 is 6.04 Å². The van der Waals surface area contributed by atoms with Crippen LogP contribution in [0.1, 0.15) is 48.9 Å². The van der Waals surface area contributed by atoms with Crippen molar-refractivity contribution in [3.63, 3.8) is 0 Å². The van der Waals surface area contributed by atoms with E-state index in [0.29, 0.717) is 17.9 Å². The molecule has 0 aliphatic heterocycles. The van der Waals surface area contributed by atoms with Crippen LogP contribution in [0.2, 0.25) is 0 Å². The van der Waals surface area contributed by atoms with Crippen LogP contribution in [0.3, 0.4) is 0 Å². The number of amides is 2. The maximum Gasteiger partial charge on any atom is 0.247 e. The van der Waals surface area contributed by atoms with E-state index in [1.165, 1.54) is 12.0 Å². The van der Waals surface area contributed by atoms with Crippen LogP contribution in [-0.2, 0) is 22.6 Å². The van der Waals surface area contributed by atoms with E-state index in [4.69, 9.17) is 5.90 Å². The molecule has 8 nitrogen and oxygen atoms in total. The number of nitrogens with one attached hydrogen (secondary N) is 2. The molecule has 0 spiro atoms. The number of carbonyl (C=O) groups excluding carboxylic acids is 2. The zero-order chi connectivity index (χ0) is 27.5. The van der Waals surface area contributed by atoms with Crippen molar-refractivity contribution >= 4 is 12.3 Å². The molecule has 1 atom stereocenters. The van der Waals surface area contributed by atoms with Gasteiger partial charge in [-0.3, -0.25) is 14.7 Å². The number of H-pyrrole nitrogens is 1. The molecular weight excluding hydrogens is 490 g/mol. The van der Waals surface area contributed by atoms with E-state index in [1.807, 2.05) is 84.9 Å². The van der Waals surface area contributed by atoms with Crippen molar-refractivity contribution in [1.82, 2.24) is 20.4 Å². The smallest absolute Gasteiger partial charge is 0.247 e. The van der Waals surface area contributed by atoms with Gasteiger partial charge in [0.25, 0.3) is 0 Å². The zero-order valence-electron chi connectivity index (χ0n) is 22.1. The lowest BCUT2D eigenvalue weighted by atomic mass is 10.0. The Labute approximate surface area is 229 Å². The van der Waals surface area contributed by atoms with Crippen molar-refractivity contribution < 1.29 is 14.4 Å². The van der Waals surface area contributed by atoms with Gasteiger partial charge in [0.1, 0.15) is 11.8 Å². The topological polar surface area (TPSA) is 113 Å². The van der Waals surface area contributed by atoms with Gasteiger partial charge in [-0.25, -0.2) is 0 Å². The molecule has 0 bridgehead atoms. The van der Waals surface area contributed by atoms with Gasteiger partial charge in [0.15, 0.2) is 0 Å². The monoisotopic (exact) mass is 525 g/mol. The van der Waals surface area contributed by atoms with Gasteiger partial charge >= 0.3 is 0 Å². The van der Waals surface area contributed by atoms with Gasteiger partial charge in [0, 0.05) is 18.2 Å². The number of hydrogen-bond acceptors (Lipinski definition) is 5. The van der Waals surface area contributed by atoms with Crippen LogP contribution in [-0.4, -0.2) is 33.5 Å². The van der Waals surface area contributed by atoms with Gasteiger partial charge in [-0.1, -0.05) is 86.1 Å². The number of aromatic nitrogens is 2. The van der Waals surface area contributed by atoms with E-state index in [2.05, 4.69) is 27.3 Å². The second-order valence-electron chi connectivity index (χ2n) is 9.47. The van der Waals surface area contributed by atoms with Gasteiger partial charge in [0.05, 0.1) is 11.9 Å². The molecule has 4 N–H and O–H groups in total. The second kappa shape index (κ2) is 13.9. The first kappa shape index (κ1) is 27.6. The Balaban J connectivity index is 0.000000270. The Kier molecular flexibility index (Phi) is 9.85. The van der Waals surface area contributed by atoms with Crippen LogP contribution in [0.15, 0.2) is 91.1 Å². The Morgan fingerprint density at radius 3 is 2.31 bits per heavy atom. The molecule has 0 saturated heterocycles. The van der Waals surface area contributed by atoms with Crippen LogP contribution >= 0.6 is 0 Å². The minimum absolute atomic E-state index is 0.100. The number of benzene rings is 3. The van der Waals surface area contributed by atoms with Crippen LogP contribution in [0, 0.1) is 0 Å². The second-order valence-corrected chi connectivity index (χ2v) is 9.47. The first-order valence-electron chi connectivity index (χ1n) is 13.2. The summed E-state index contributed by atoms with van der Waals surface area (Å²) in [5.74, 6) is 5.48.